The molecule has 0 bridgehead atoms. The molecule has 0 aromatic heterocycles. The molecule has 5 N–H and O–H groups in total. The van der Waals surface area contributed by atoms with E-state index in [1.807, 2.05) is 4.90 Å². The highest BCUT2D eigenvalue weighted by atomic mass is 16.4. The molecule has 0 heterocycles. The Kier molecular flexibility index (Phi) is 5.56. The van der Waals surface area contributed by atoms with Gasteiger partial charge in [-0.25, -0.2) is 4.79 Å². The summed E-state index contributed by atoms with van der Waals surface area (Å²) in [5.74, 6) is -1.02. The van der Waals surface area contributed by atoms with Crippen LogP contribution in [-0.4, -0.2) is 47.6 Å². The minimum Gasteiger partial charge on any atom is -0.478 e. The van der Waals surface area contributed by atoms with Crippen molar-refractivity contribution in [3.63, 3.8) is 0 Å². The van der Waals surface area contributed by atoms with E-state index in [1.54, 1.807) is 36.4 Å². The second kappa shape index (κ2) is 7.62. The number of hydrogen-bond donors (Lipinski definition) is 4. The number of aromatic carboxylic acids is 1. The van der Waals surface area contributed by atoms with Crippen molar-refractivity contribution in [3.05, 3.63) is 48.0 Å². The Morgan fingerprint density at radius 2 is 1.65 bits per heavy atom. The molecule has 0 radical (unpaired) electrons. The van der Waals surface area contributed by atoms with Crippen LogP contribution >= 0.6 is 0 Å². The zero-order valence-electron chi connectivity index (χ0n) is 12.6. The number of benzene rings is 2. The Morgan fingerprint density at radius 1 is 1.00 bits per heavy atom. The largest absolute Gasteiger partial charge is 0.478 e. The van der Waals surface area contributed by atoms with E-state index in [1.165, 1.54) is 6.07 Å². The lowest BCUT2D eigenvalue weighted by atomic mass is 9.97. The van der Waals surface area contributed by atoms with Gasteiger partial charge in [-0.3, -0.25) is 0 Å². The molecule has 0 fully saturated rings. The molecule has 2 aromatic carbocycles. The van der Waals surface area contributed by atoms with Crippen LogP contribution in [0.1, 0.15) is 10.4 Å². The molecular formula is C17H20N2O4. The molecule has 6 nitrogen and oxygen atoms in total. The third kappa shape index (κ3) is 3.80. The zero-order valence-corrected chi connectivity index (χ0v) is 12.6. The van der Waals surface area contributed by atoms with Gasteiger partial charge in [0.15, 0.2) is 0 Å². The Hall–Kier alpha value is -2.57. The molecule has 2 aromatic rings. The second-order valence-electron chi connectivity index (χ2n) is 5.06. The standard InChI is InChI=1S/C17H20N2O4/c18-16-6-5-12(19(7-9-20)8-10-21)11-15(16)13-3-1-2-4-14(13)17(22)23/h1-6,11,20-21H,7-10,18H2,(H,22,23). The van der Waals surface area contributed by atoms with Crippen LogP contribution in [-0.2, 0) is 0 Å². The normalized spacial score (nSPS) is 10.5. The van der Waals surface area contributed by atoms with Crippen molar-refractivity contribution < 1.29 is 20.1 Å². The Labute approximate surface area is 134 Å². The highest BCUT2D eigenvalue weighted by molar-refractivity contribution is 5.98. The predicted octanol–water partition coefficient (Wildman–Crippen LogP) is 1.42. The van der Waals surface area contributed by atoms with Crippen molar-refractivity contribution in [1.82, 2.24) is 0 Å². The van der Waals surface area contributed by atoms with Gasteiger partial charge in [0, 0.05) is 30.0 Å². The number of nitrogens with two attached hydrogens (primary N) is 1. The molecule has 0 saturated carbocycles. The van der Waals surface area contributed by atoms with Gasteiger partial charge in [-0.1, -0.05) is 18.2 Å². The van der Waals surface area contributed by atoms with Gasteiger partial charge in [0.25, 0.3) is 0 Å². The summed E-state index contributed by atoms with van der Waals surface area (Å²) in [5.41, 5.74) is 8.58. The third-order valence-electron chi connectivity index (χ3n) is 3.59. The smallest absolute Gasteiger partial charge is 0.336 e. The number of nitrogen functional groups attached to an aromatic ring is 1. The molecule has 0 saturated heterocycles. The predicted molar refractivity (Wildman–Crippen MR) is 89.6 cm³/mol. The summed E-state index contributed by atoms with van der Waals surface area (Å²) >= 11 is 0. The summed E-state index contributed by atoms with van der Waals surface area (Å²) in [6.45, 7) is 0.631. The van der Waals surface area contributed by atoms with Crippen molar-refractivity contribution in [2.45, 2.75) is 0 Å². The van der Waals surface area contributed by atoms with Gasteiger partial charge in [-0.05, 0) is 29.8 Å². The average molecular weight is 316 g/mol. The van der Waals surface area contributed by atoms with Crippen molar-refractivity contribution in [2.24, 2.45) is 0 Å². The minimum atomic E-state index is -1.02. The van der Waals surface area contributed by atoms with Crippen molar-refractivity contribution >= 4 is 17.3 Å². The van der Waals surface area contributed by atoms with Gasteiger partial charge >= 0.3 is 5.97 Å². The SMILES string of the molecule is Nc1ccc(N(CCO)CCO)cc1-c1ccccc1C(=O)O. The fourth-order valence-electron chi connectivity index (χ4n) is 2.49. The topological polar surface area (TPSA) is 107 Å². The third-order valence-corrected chi connectivity index (χ3v) is 3.59. The molecule has 0 aliphatic carbocycles. The highest BCUT2D eigenvalue weighted by Gasteiger charge is 2.15. The van der Waals surface area contributed by atoms with Crippen LogP contribution in [0.5, 0.6) is 0 Å². The van der Waals surface area contributed by atoms with Gasteiger partial charge in [0.2, 0.25) is 0 Å². The first kappa shape index (κ1) is 16.8. The van der Waals surface area contributed by atoms with Crippen LogP contribution in [0.25, 0.3) is 11.1 Å². The number of rotatable bonds is 7. The summed E-state index contributed by atoms with van der Waals surface area (Å²) in [7, 11) is 0. The van der Waals surface area contributed by atoms with Crippen LogP contribution in [0, 0.1) is 0 Å². The van der Waals surface area contributed by atoms with Crippen LogP contribution < -0.4 is 10.6 Å². The summed E-state index contributed by atoms with van der Waals surface area (Å²) < 4.78 is 0. The van der Waals surface area contributed by atoms with Gasteiger partial charge < -0.3 is 26.0 Å². The quantitative estimate of drug-likeness (QED) is 0.576. The van der Waals surface area contributed by atoms with Crippen molar-refractivity contribution in [2.75, 3.05) is 36.9 Å². The number of carbonyl (C=O) groups is 1. The molecule has 0 spiro atoms. The molecule has 0 atom stereocenters. The fraction of sp³-hybridized carbons (Fsp3) is 0.235. The van der Waals surface area contributed by atoms with Crippen molar-refractivity contribution in [1.29, 1.82) is 0 Å². The second-order valence-corrected chi connectivity index (χ2v) is 5.06. The minimum absolute atomic E-state index is 0.0502. The molecule has 0 aliphatic rings. The highest BCUT2D eigenvalue weighted by Crippen LogP contribution is 2.32. The maximum atomic E-state index is 11.4. The molecule has 23 heavy (non-hydrogen) atoms. The maximum Gasteiger partial charge on any atom is 0.336 e. The van der Waals surface area contributed by atoms with E-state index < -0.39 is 5.97 Å². The Morgan fingerprint density at radius 3 is 2.26 bits per heavy atom. The van der Waals surface area contributed by atoms with Crippen molar-refractivity contribution in [3.8, 4) is 11.1 Å². The maximum absolute atomic E-state index is 11.4. The van der Waals surface area contributed by atoms with Crippen LogP contribution in [0.2, 0.25) is 0 Å². The van der Waals surface area contributed by atoms with E-state index in [2.05, 4.69) is 0 Å². The molecule has 0 unspecified atom stereocenters. The van der Waals surface area contributed by atoms with Crippen LogP contribution in [0.3, 0.4) is 0 Å². The summed E-state index contributed by atoms with van der Waals surface area (Å²) in [6, 6.07) is 11.9. The van der Waals surface area contributed by atoms with Gasteiger partial charge in [0.1, 0.15) is 0 Å². The number of hydrogen-bond acceptors (Lipinski definition) is 5. The molecule has 122 valence electrons. The molecule has 0 aliphatic heterocycles. The Bertz CT molecular complexity index is 682. The monoisotopic (exact) mass is 316 g/mol. The Balaban J connectivity index is 2.51. The number of carboxylic acids is 1. The van der Waals surface area contributed by atoms with E-state index in [-0.39, 0.29) is 18.8 Å². The first-order chi connectivity index (χ1) is 11.1. The van der Waals surface area contributed by atoms with E-state index in [0.717, 1.165) is 5.69 Å². The number of aliphatic hydroxyl groups is 2. The summed E-state index contributed by atoms with van der Waals surface area (Å²) in [4.78, 5) is 13.2. The summed E-state index contributed by atoms with van der Waals surface area (Å²) in [5, 5.41) is 27.7. The van der Waals surface area contributed by atoms with Gasteiger partial charge in [-0.2, -0.15) is 0 Å². The van der Waals surface area contributed by atoms with Gasteiger partial charge in [-0.15, -0.1) is 0 Å². The molecular weight excluding hydrogens is 296 g/mol. The fourth-order valence-corrected chi connectivity index (χ4v) is 2.49. The average Bonchev–Trinajstić information content (AvgIpc) is 2.55. The summed E-state index contributed by atoms with van der Waals surface area (Å²) in [6.07, 6.45) is 0. The van der Waals surface area contributed by atoms with E-state index in [4.69, 9.17) is 15.9 Å². The van der Waals surface area contributed by atoms with Crippen LogP contribution in [0.4, 0.5) is 11.4 Å². The van der Waals surface area contributed by atoms with Gasteiger partial charge in [0.05, 0.1) is 18.8 Å². The number of aliphatic hydroxyl groups excluding tert-OH is 2. The lowest BCUT2D eigenvalue weighted by Gasteiger charge is -2.24. The number of carboxylic acid groups (broad SMARTS) is 1. The number of nitrogens with zero attached hydrogens (tertiary/aromatic N) is 1. The number of anilines is 2. The molecule has 0 amide bonds. The lowest BCUT2D eigenvalue weighted by Crippen LogP contribution is -2.29. The van der Waals surface area contributed by atoms with E-state index in [0.29, 0.717) is 29.9 Å². The zero-order chi connectivity index (χ0) is 16.8. The van der Waals surface area contributed by atoms with E-state index >= 15 is 0 Å². The van der Waals surface area contributed by atoms with E-state index in [9.17, 15) is 9.90 Å². The molecule has 6 heteroatoms. The van der Waals surface area contributed by atoms with Crippen LogP contribution in [0.15, 0.2) is 42.5 Å². The first-order valence-corrected chi connectivity index (χ1v) is 7.27. The molecule has 2 rings (SSSR count). The lowest BCUT2D eigenvalue weighted by molar-refractivity contribution is 0.0697. The first-order valence-electron chi connectivity index (χ1n) is 7.27.